The van der Waals surface area contributed by atoms with Crippen molar-refractivity contribution in [2.45, 2.75) is 13.5 Å². The number of hydrogen-bond donors (Lipinski definition) is 1. The van der Waals surface area contributed by atoms with Gasteiger partial charge in [-0.1, -0.05) is 18.2 Å². The standard InChI is InChI=1S/C17H14N4S2/c1-11-18-9-12(23-11)10-19-16-13-5-2-3-6-14(13)20-17(21-16)15-7-4-8-22-15/h2-9H,10H2,1H3,(H,19,20,21). The van der Waals surface area contributed by atoms with E-state index in [-0.39, 0.29) is 0 Å². The van der Waals surface area contributed by atoms with Gasteiger partial charge in [-0.2, -0.15) is 0 Å². The highest BCUT2D eigenvalue weighted by Gasteiger charge is 2.10. The van der Waals surface area contributed by atoms with Crippen molar-refractivity contribution in [3.05, 3.63) is 57.9 Å². The molecule has 0 bridgehead atoms. The van der Waals surface area contributed by atoms with E-state index in [2.05, 4.69) is 15.3 Å². The van der Waals surface area contributed by atoms with Gasteiger partial charge in [0.1, 0.15) is 5.82 Å². The van der Waals surface area contributed by atoms with Crippen LogP contribution in [0.3, 0.4) is 0 Å². The summed E-state index contributed by atoms with van der Waals surface area (Å²) >= 11 is 3.35. The maximum absolute atomic E-state index is 4.74. The van der Waals surface area contributed by atoms with E-state index in [1.165, 1.54) is 4.88 Å². The topological polar surface area (TPSA) is 50.7 Å². The molecule has 3 heterocycles. The Bertz CT molecular complexity index is 944. The first-order valence-electron chi connectivity index (χ1n) is 7.25. The van der Waals surface area contributed by atoms with E-state index < -0.39 is 0 Å². The molecule has 1 aromatic carbocycles. The molecule has 114 valence electrons. The summed E-state index contributed by atoms with van der Waals surface area (Å²) in [5.41, 5.74) is 0.953. The molecule has 0 aliphatic rings. The van der Waals surface area contributed by atoms with Gasteiger partial charge in [0, 0.05) is 16.5 Å². The molecule has 0 radical (unpaired) electrons. The first-order valence-corrected chi connectivity index (χ1v) is 8.95. The van der Waals surface area contributed by atoms with E-state index in [4.69, 9.17) is 4.98 Å². The second kappa shape index (κ2) is 6.06. The number of fused-ring (bicyclic) bond motifs is 1. The fourth-order valence-corrected chi connectivity index (χ4v) is 3.78. The molecule has 0 amide bonds. The summed E-state index contributed by atoms with van der Waals surface area (Å²) in [4.78, 5) is 16.0. The molecule has 0 spiro atoms. The van der Waals surface area contributed by atoms with Crippen molar-refractivity contribution < 1.29 is 0 Å². The Morgan fingerprint density at radius 1 is 1.09 bits per heavy atom. The summed E-state index contributed by atoms with van der Waals surface area (Å²) in [5.74, 6) is 1.63. The molecule has 0 saturated heterocycles. The molecule has 0 fully saturated rings. The van der Waals surface area contributed by atoms with Crippen LogP contribution in [0.4, 0.5) is 5.82 Å². The number of nitrogens with one attached hydrogen (secondary N) is 1. The highest BCUT2D eigenvalue weighted by molar-refractivity contribution is 7.13. The molecule has 0 saturated carbocycles. The number of hydrogen-bond acceptors (Lipinski definition) is 6. The Balaban J connectivity index is 1.74. The van der Waals surface area contributed by atoms with Crippen LogP contribution in [0.1, 0.15) is 9.88 Å². The van der Waals surface area contributed by atoms with Crippen molar-refractivity contribution in [2.24, 2.45) is 0 Å². The predicted octanol–water partition coefficient (Wildman–Crippen LogP) is 4.74. The smallest absolute Gasteiger partial charge is 0.172 e. The van der Waals surface area contributed by atoms with Crippen molar-refractivity contribution in [3.63, 3.8) is 0 Å². The van der Waals surface area contributed by atoms with Gasteiger partial charge in [-0.3, -0.25) is 0 Å². The summed E-state index contributed by atoms with van der Waals surface area (Å²) in [7, 11) is 0. The lowest BCUT2D eigenvalue weighted by Gasteiger charge is -2.09. The number of thiazole rings is 1. The zero-order chi connectivity index (χ0) is 15.6. The van der Waals surface area contributed by atoms with E-state index in [9.17, 15) is 0 Å². The molecule has 4 rings (SSSR count). The van der Waals surface area contributed by atoms with Gasteiger partial charge >= 0.3 is 0 Å². The zero-order valence-corrected chi connectivity index (χ0v) is 14.1. The summed E-state index contributed by atoms with van der Waals surface area (Å²) in [6.07, 6.45) is 1.91. The largest absolute Gasteiger partial charge is 0.364 e. The normalized spacial score (nSPS) is 11.0. The monoisotopic (exact) mass is 338 g/mol. The summed E-state index contributed by atoms with van der Waals surface area (Å²) in [6, 6.07) is 12.2. The van der Waals surface area contributed by atoms with Crippen molar-refractivity contribution in [2.75, 3.05) is 5.32 Å². The third-order valence-corrected chi connectivity index (χ3v) is 5.22. The van der Waals surface area contributed by atoms with Crippen molar-refractivity contribution in [1.29, 1.82) is 0 Å². The summed E-state index contributed by atoms with van der Waals surface area (Å²) in [6.45, 7) is 2.74. The number of aromatic nitrogens is 3. The Kier molecular flexibility index (Phi) is 3.77. The Labute approximate surface area is 141 Å². The van der Waals surface area contributed by atoms with Crippen LogP contribution in [0, 0.1) is 6.92 Å². The summed E-state index contributed by atoms with van der Waals surface area (Å²) < 4.78 is 0. The van der Waals surface area contributed by atoms with Gasteiger partial charge in [-0.15, -0.1) is 22.7 Å². The van der Waals surface area contributed by atoms with Gasteiger partial charge in [0.25, 0.3) is 0 Å². The van der Waals surface area contributed by atoms with E-state index in [1.807, 2.05) is 54.9 Å². The van der Waals surface area contributed by atoms with Crippen LogP contribution in [0.2, 0.25) is 0 Å². The minimum atomic E-state index is 0.719. The minimum Gasteiger partial charge on any atom is -0.364 e. The van der Waals surface area contributed by atoms with Gasteiger partial charge in [0.2, 0.25) is 0 Å². The van der Waals surface area contributed by atoms with Crippen molar-refractivity contribution in [3.8, 4) is 10.7 Å². The number of anilines is 1. The van der Waals surface area contributed by atoms with Crippen LogP contribution in [0.15, 0.2) is 48.0 Å². The lowest BCUT2D eigenvalue weighted by Crippen LogP contribution is -2.03. The van der Waals surface area contributed by atoms with E-state index in [0.29, 0.717) is 0 Å². The summed E-state index contributed by atoms with van der Waals surface area (Å²) in [5, 5.41) is 7.60. The van der Waals surface area contributed by atoms with Crippen LogP contribution >= 0.6 is 22.7 Å². The average Bonchev–Trinajstić information content (AvgIpc) is 3.24. The van der Waals surface area contributed by atoms with Gasteiger partial charge in [0.05, 0.1) is 21.9 Å². The number of rotatable bonds is 4. The first-order chi connectivity index (χ1) is 11.3. The van der Waals surface area contributed by atoms with Gasteiger partial charge < -0.3 is 5.32 Å². The highest BCUT2D eigenvalue weighted by atomic mass is 32.1. The number of para-hydroxylation sites is 1. The van der Waals surface area contributed by atoms with Crippen LogP contribution in [0.25, 0.3) is 21.6 Å². The second-order valence-corrected chi connectivity index (χ2v) is 7.36. The Morgan fingerprint density at radius 2 is 2.00 bits per heavy atom. The third kappa shape index (κ3) is 2.95. The number of thiophene rings is 1. The van der Waals surface area contributed by atoms with E-state index in [0.717, 1.165) is 39.0 Å². The molecule has 0 aliphatic heterocycles. The van der Waals surface area contributed by atoms with Crippen LogP contribution in [-0.4, -0.2) is 15.0 Å². The highest BCUT2D eigenvalue weighted by Crippen LogP contribution is 2.27. The van der Waals surface area contributed by atoms with Gasteiger partial charge in [0.15, 0.2) is 5.82 Å². The lowest BCUT2D eigenvalue weighted by atomic mass is 10.2. The molecule has 4 aromatic rings. The maximum atomic E-state index is 4.74. The molecule has 4 nitrogen and oxygen atoms in total. The fourth-order valence-electron chi connectivity index (χ4n) is 2.39. The zero-order valence-electron chi connectivity index (χ0n) is 12.5. The molecule has 0 aliphatic carbocycles. The van der Waals surface area contributed by atoms with Crippen LogP contribution in [-0.2, 0) is 6.54 Å². The Morgan fingerprint density at radius 3 is 2.78 bits per heavy atom. The molecule has 0 unspecified atom stereocenters. The van der Waals surface area contributed by atoms with Crippen LogP contribution in [0.5, 0.6) is 0 Å². The fraction of sp³-hybridized carbons (Fsp3) is 0.118. The maximum Gasteiger partial charge on any atom is 0.172 e. The third-order valence-electron chi connectivity index (χ3n) is 3.44. The molecular formula is C17H14N4S2. The van der Waals surface area contributed by atoms with Crippen molar-refractivity contribution >= 4 is 39.4 Å². The quantitative estimate of drug-likeness (QED) is 0.584. The molecule has 3 aromatic heterocycles. The lowest BCUT2D eigenvalue weighted by molar-refractivity contribution is 1.12. The average molecular weight is 338 g/mol. The molecule has 1 N–H and O–H groups in total. The predicted molar refractivity (Wildman–Crippen MR) is 97.0 cm³/mol. The van der Waals surface area contributed by atoms with E-state index >= 15 is 0 Å². The van der Waals surface area contributed by atoms with Crippen molar-refractivity contribution in [1.82, 2.24) is 15.0 Å². The van der Waals surface area contributed by atoms with Gasteiger partial charge in [-0.25, -0.2) is 15.0 Å². The SMILES string of the molecule is Cc1ncc(CNc2nc(-c3cccs3)nc3ccccc23)s1. The van der Waals surface area contributed by atoms with E-state index in [1.54, 1.807) is 22.7 Å². The number of nitrogens with zero attached hydrogens (tertiary/aromatic N) is 3. The minimum absolute atomic E-state index is 0.719. The second-order valence-electron chi connectivity index (χ2n) is 5.09. The molecule has 23 heavy (non-hydrogen) atoms. The molecule has 0 atom stereocenters. The first kappa shape index (κ1) is 14.3. The number of benzene rings is 1. The van der Waals surface area contributed by atoms with Crippen LogP contribution < -0.4 is 5.32 Å². The molecule has 6 heteroatoms. The Hall–Kier alpha value is -2.31. The van der Waals surface area contributed by atoms with Gasteiger partial charge in [-0.05, 0) is 30.5 Å². The molecular weight excluding hydrogens is 324 g/mol. The number of aryl methyl sites for hydroxylation is 1.